The van der Waals surface area contributed by atoms with Crippen LogP contribution < -0.4 is 0 Å². The number of carbonyl (C=O) groups excluding carboxylic acids is 1. The van der Waals surface area contributed by atoms with Gasteiger partial charge in [0.25, 0.3) is 5.91 Å². The fourth-order valence-electron chi connectivity index (χ4n) is 3.90. The van der Waals surface area contributed by atoms with Gasteiger partial charge in [0.15, 0.2) is 9.84 Å². The number of nitrogens with zero attached hydrogens (tertiary/aromatic N) is 3. The van der Waals surface area contributed by atoms with Crippen molar-refractivity contribution in [3.63, 3.8) is 0 Å². The standard InChI is InChI=1S/C16H19N3O3S2/c1-18(2)13-8-24(21,22)15-7-19(6-11(13)15)16(20)10-3-4-12-14(5-10)23-9-17-12/h3-5,9,11,13,15H,6-8H2,1-2H3/t11-,13-,15-/m0/s1. The van der Waals surface area contributed by atoms with Gasteiger partial charge in [-0.05, 0) is 32.3 Å². The van der Waals surface area contributed by atoms with Gasteiger partial charge in [0, 0.05) is 30.6 Å². The van der Waals surface area contributed by atoms with E-state index in [1.54, 1.807) is 16.5 Å². The number of sulfone groups is 1. The number of hydrogen-bond donors (Lipinski definition) is 0. The summed E-state index contributed by atoms with van der Waals surface area (Å²) in [5.41, 5.74) is 3.24. The summed E-state index contributed by atoms with van der Waals surface area (Å²) in [4.78, 5) is 20.7. The normalized spacial score (nSPS) is 28.6. The van der Waals surface area contributed by atoms with Crippen LogP contribution in [-0.4, -0.2) is 73.3 Å². The van der Waals surface area contributed by atoms with Gasteiger partial charge in [-0.25, -0.2) is 13.4 Å². The van der Waals surface area contributed by atoms with E-state index in [4.69, 9.17) is 0 Å². The Labute approximate surface area is 145 Å². The molecular weight excluding hydrogens is 346 g/mol. The van der Waals surface area contributed by atoms with Crippen LogP contribution in [0.4, 0.5) is 0 Å². The summed E-state index contributed by atoms with van der Waals surface area (Å²) in [5, 5.41) is -0.430. The third kappa shape index (κ3) is 2.44. The number of hydrogen-bond acceptors (Lipinski definition) is 6. The molecule has 0 spiro atoms. The minimum absolute atomic E-state index is 0.00101. The number of benzene rings is 1. The van der Waals surface area contributed by atoms with E-state index < -0.39 is 15.1 Å². The molecule has 2 aliphatic heterocycles. The number of amides is 1. The summed E-state index contributed by atoms with van der Waals surface area (Å²) < 4.78 is 25.8. The fraction of sp³-hybridized carbons (Fsp3) is 0.500. The minimum Gasteiger partial charge on any atom is -0.337 e. The molecule has 1 aromatic heterocycles. The minimum atomic E-state index is -3.14. The van der Waals surface area contributed by atoms with Crippen molar-refractivity contribution in [2.24, 2.45) is 5.92 Å². The van der Waals surface area contributed by atoms with Gasteiger partial charge < -0.3 is 9.80 Å². The van der Waals surface area contributed by atoms with Crippen LogP contribution in [0.2, 0.25) is 0 Å². The average Bonchev–Trinajstić information content (AvgIpc) is 3.21. The van der Waals surface area contributed by atoms with Gasteiger partial charge in [0.1, 0.15) is 0 Å². The molecule has 0 saturated carbocycles. The lowest BCUT2D eigenvalue weighted by molar-refractivity contribution is 0.0780. The summed E-state index contributed by atoms with van der Waals surface area (Å²) in [7, 11) is 0.679. The van der Waals surface area contributed by atoms with Crippen molar-refractivity contribution < 1.29 is 13.2 Å². The molecule has 3 atom stereocenters. The van der Waals surface area contributed by atoms with Crippen molar-refractivity contribution >= 4 is 37.3 Å². The van der Waals surface area contributed by atoms with Gasteiger partial charge in [-0.15, -0.1) is 11.3 Å². The Hall–Kier alpha value is -1.51. The van der Waals surface area contributed by atoms with E-state index in [1.165, 1.54) is 11.3 Å². The highest BCUT2D eigenvalue weighted by Crippen LogP contribution is 2.36. The summed E-state index contributed by atoms with van der Waals surface area (Å²) in [5.74, 6) is 0.109. The third-order valence-electron chi connectivity index (χ3n) is 5.20. The number of thiazole rings is 1. The second-order valence-electron chi connectivity index (χ2n) is 6.81. The number of likely N-dealkylation sites (tertiary alicyclic amines) is 1. The second kappa shape index (κ2) is 5.50. The van der Waals surface area contributed by atoms with Crippen molar-refractivity contribution in [3.05, 3.63) is 29.3 Å². The third-order valence-corrected chi connectivity index (χ3v) is 8.22. The maximum Gasteiger partial charge on any atom is 0.253 e. The molecule has 2 saturated heterocycles. The SMILES string of the molecule is CN(C)[C@H]1CS(=O)(=O)[C@H]2CN(C(=O)c3ccc4ncsc4c3)C[C@@H]12. The van der Waals surface area contributed by atoms with Crippen molar-refractivity contribution in [3.8, 4) is 0 Å². The molecule has 0 aliphatic carbocycles. The predicted octanol–water partition coefficient (Wildman–Crippen LogP) is 1.10. The van der Waals surface area contributed by atoms with Crippen LogP contribution in [0.5, 0.6) is 0 Å². The molecule has 0 unspecified atom stereocenters. The van der Waals surface area contributed by atoms with Crippen LogP contribution in [0.3, 0.4) is 0 Å². The van der Waals surface area contributed by atoms with E-state index in [-0.39, 0.29) is 23.6 Å². The molecule has 24 heavy (non-hydrogen) atoms. The molecule has 3 heterocycles. The average molecular weight is 365 g/mol. The summed E-state index contributed by atoms with van der Waals surface area (Å²) >= 11 is 1.50. The van der Waals surface area contributed by atoms with Crippen LogP contribution >= 0.6 is 11.3 Å². The van der Waals surface area contributed by atoms with Gasteiger partial charge in [-0.3, -0.25) is 4.79 Å². The summed E-state index contributed by atoms with van der Waals surface area (Å²) in [6.07, 6.45) is 0. The van der Waals surface area contributed by atoms with Crippen LogP contribution in [0, 0.1) is 5.92 Å². The van der Waals surface area contributed by atoms with Gasteiger partial charge in [-0.1, -0.05) is 0 Å². The molecule has 6 nitrogen and oxygen atoms in total. The highest BCUT2D eigenvalue weighted by Gasteiger charge is 2.53. The molecule has 2 fully saturated rings. The van der Waals surface area contributed by atoms with E-state index in [1.807, 2.05) is 31.1 Å². The zero-order valence-electron chi connectivity index (χ0n) is 13.5. The Morgan fingerprint density at radius 1 is 1.33 bits per heavy atom. The molecule has 0 N–H and O–H groups in total. The Balaban J connectivity index is 1.61. The van der Waals surface area contributed by atoms with E-state index in [9.17, 15) is 13.2 Å². The molecule has 1 aromatic carbocycles. The second-order valence-corrected chi connectivity index (χ2v) is 9.96. The number of aromatic nitrogens is 1. The number of rotatable bonds is 2. The highest BCUT2D eigenvalue weighted by molar-refractivity contribution is 7.92. The molecule has 0 bridgehead atoms. The first-order chi connectivity index (χ1) is 11.4. The van der Waals surface area contributed by atoms with E-state index in [0.29, 0.717) is 18.7 Å². The molecule has 2 aromatic rings. The zero-order chi connectivity index (χ0) is 17.1. The first kappa shape index (κ1) is 16.0. The quantitative estimate of drug-likeness (QED) is 0.797. The Bertz CT molecular complexity index is 906. The van der Waals surface area contributed by atoms with Crippen molar-refractivity contribution in [1.82, 2.24) is 14.8 Å². The zero-order valence-corrected chi connectivity index (χ0v) is 15.2. The molecule has 0 radical (unpaired) electrons. The molecule has 2 aliphatic rings. The Kier molecular flexibility index (Phi) is 3.67. The smallest absolute Gasteiger partial charge is 0.253 e. The fourth-order valence-corrected chi connectivity index (χ4v) is 7.09. The van der Waals surface area contributed by atoms with Gasteiger partial charge in [-0.2, -0.15) is 0 Å². The van der Waals surface area contributed by atoms with Gasteiger partial charge >= 0.3 is 0 Å². The predicted molar refractivity (Wildman–Crippen MR) is 94.1 cm³/mol. The van der Waals surface area contributed by atoms with Crippen molar-refractivity contribution in [2.75, 3.05) is 32.9 Å². The highest BCUT2D eigenvalue weighted by atomic mass is 32.2. The van der Waals surface area contributed by atoms with Crippen LogP contribution in [-0.2, 0) is 9.84 Å². The lowest BCUT2D eigenvalue weighted by atomic mass is 10.00. The monoisotopic (exact) mass is 365 g/mol. The van der Waals surface area contributed by atoms with Crippen molar-refractivity contribution in [1.29, 1.82) is 0 Å². The lowest BCUT2D eigenvalue weighted by Gasteiger charge is -2.25. The molecule has 128 valence electrons. The first-order valence-electron chi connectivity index (χ1n) is 7.87. The van der Waals surface area contributed by atoms with E-state index in [2.05, 4.69) is 4.98 Å². The summed E-state index contributed by atoms with van der Waals surface area (Å²) in [6.45, 7) is 0.809. The first-order valence-corrected chi connectivity index (χ1v) is 10.5. The topological polar surface area (TPSA) is 70.6 Å². The maximum atomic E-state index is 12.8. The molecule has 4 rings (SSSR count). The van der Waals surface area contributed by atoms with Gasteiger partial charge in [0.2, 0.25) is 0 Å². The van der Waals surface area contributed by atoms with Gasteiger partial charge in [0.05, 0.1) is 26.7 Å². The molecular formula is C16H19N3O3S2. The number of carbonyl (C=O) groups is 1. The molecule has 1 amide bonds. The van der Waals surface area contributed by atoms with Crippen LogP contribution in [0.15, 0.2) is 23.7 Å². The van der Waals surface area contributed by atoms with E-state index >= 15 is 0 Å². The van der Waals surface area contributed by atoms with Crippen LogP contribution in [0.1, 0.15) is 10.4 Å². The largest absolute Gasteiger partial charge is 0.337 e. The van der Waals surface area contributed by atoms with Crippen LogP contribution in [0.25, 0.3) is 10.2 Å². The number of fused-ring (bicyclic) bond motifs is 2. The molecule has 8 heteroatoms. The lowest BCUT2D eigenvalue weighted by Crippen LogP contribution is -2.38. The Morgan fingerprint density at radius 2 is 2.12 bits per heavy atom. The van der Waals surface area contributed by atoms with E-state index in [0.717, 1.165) is 10.2 Å². The summed E-state index contributed by atoms with van der Waals surface area (Å²) in [6, 6.07) is 5.45. The van der Waals surface area contributed by atoms with Crippen molar-refractivity contribution in [2.45, 2.75) is 11.3 Å². The Morgan fingerprint density at radius 3 is 2.88 bits per heavy atom. The maximum absolute atomic E-state index is 12.8.